The standard InChI is InChI=1S/C22H18N6O3S/c1-31-21-9-4-16(20-15-27-12-2-10-23-22(27)25-20)14-19(21)26-32(29,30)18-7-5-17(6-8-18)28-13-3-11-24-28/h2-15,26H,1H3. The van der Waals surface area contributed by atoms with E-state index >= 15 is 0 Å². The molecule has 0 fully saturated rings. The second-order valence-corrected chi connectivity index (χ2v) is 8.60. The fourth-order valence-corrected chi connectivity index (χ4v) is 4.38. The van der Waals surface area contributed by atoms with Crippen LogP contribution in [-0.4, -0.2) is 39.7 Å². The summed E-state index contributed by atoms with van der Waals surface area (Å²) in [4.78, 5) is 8.83. The number of hydrogen-bond acceptors (Lipinski definition) is 6. The number of nitrogens with zero attached hydrogens (tertiary/aromatic N) is 5. The molecule has 160 valence electrons. The number of ether oxygens (including phenoxy) is 1. The van der Waals surface area contributed by atoms with E-state index in [0.717, 1.165) is 11.3 Å². The second-order valence-electron chi connectivity index (χ2n) is 6.92. The summed E-state index contributed by atoms with van der Waals surface area (Å²) in [5, 5.41) is 4.15. The Kier molecular flexibility index (Phi) is 4.83. The number of rotatable bonds is 6. The molecule has 0 aliphatic rings. The molecule has 3 aromatic heterocycles. The van der Waals surface area contributed by atoms with Gasteiger partial charge in [-0.2, -0.15) is 5.10 Å². The molecule has 0 saturated carbocycles. The zero-order chi connectivity index (χ0) is 22.1. The molecule has 5 aromatic rings. The third-order valence-corrected chi connectivity index (χ3v) is 6.27. The Labute approximate surface area is 184 Å². The Balaban J connectivity index is 1.47. The van der Waals surface area contributed by atoms with Crippen LogP contribution in [0.2, 0.25) is 0 Å². The summed E-state index contributed by atoms with van der Waals surface area (Å²) in [5.74, 6) is 0.949. The lowest BCUT2D eigenvalue weighted by Gasteiger charge is -2.13. The van der Waals surface area contributed by atoms with Gasteiger partial charge in [-0.25, -0.2) is 23.1 Å². The van der Waals surface area contributed by atoms with Gasteiger partial charge in [-0.3, -0.25) is 9.12 Å². The third-order valence-electron chi connectivity index (χ3n) is 4.89. The van der Waals surface area contributed by atoms with E-state index in [1.54, 1.807) is 58.0 Å². The highest BCUT2D eigenvalue weighted by Crippen LogP contribution is 2.32. The van der Waals surface area contributed by atoms with Gasteiger partial charge >= 0.3 is 0 Å². The predicted molar refractivity (Wildman–Crippen MR) is 119 cm³/mol. The van der Waals surface area contributed by atoms with E-state index in [0.29, 0.717) is 22.9 Å². The Morgan fingerprint density at radius 2 is 1.81 bits per heavy atom. The van der Waals surface area contributed by atoms with Crippen molar-refractivity contribution in [2.45, 2.75) is 4.90 Å². The van der Waals surface area contributed by atoms with E-state index in [4.69, 9.17) is 4.74 Å². The van der Waals surface area contributed by atoms with E-state index in [-0.39, 0.29) is 4.90 Å². The van der Waals surface area contributed by atoms with Crippen LogP contribution in [0.5, 0.6) is 5.75 Å². The zero-order valence-electron chi connectivity index (χ0n) is 17.0. The van der Waals surface area contributed by atoms with E-state index in [9.17, 15) is 8.42 Å². The molecule has 0 saturated heterocycles. The number of anilines is 1. The van der Waals surface area contributed by atoms with Crippen molar-refractivity contribution in [3.8, 4) is 22.7 Å². The van der Waals surface area contributed by atoms with Gasteiger partial charge < -0.3 is 4.74 Å². The maximum atomic E-state index is 13.0. The summed E-state index contributed by atoms with van der Waals surface area (Å²) < 4.78 is 37.5. The van der Waals surface area contributed by atoms with Gasteiger partial charge in [0.25, 0.3) is 10.0 Å². The minimum absolute atomic E-state index is 0.123. The van der Waals surface area contributed by atoms with Crippen molar-refractivity contribution in [2.24, 2.45) is 0 Å². The number of nitrogens with one attached hydrogen (secondary N) is 1. The van der Waals surface area contributed by atoms with Crippen molar-refractivity contribution >= 4 is 21.5 Å². The first-order valence-corrected chi connectivity index (χ1v) is 11.1. The highest BCUT2D eigenvalue weighted by atomic mass is 32.2. The van der Waals surface area contributed by atoms with Crippen LogP contribution in [0.15, 0.2) is 90.5 Å². The molecule has 2 aromatic carbocycles. The first-order chi connectivity index (χ1) is 15.5. The average Bonchev–Trinajstić information content (AvgIpc) is 3.49. The third kappa shape index (κ3) is 3.67. The van der Waals surface area contributed by atoms with Crippen LogP contribution in [0.1, 0.15) is 0 Å². The summed E-state index contributed by atoms with van der Waals surface area (Å²) in [6, 6.07) is 15.3. The fraction of sp³-hybridized carbons (Fsp3) is 0.0455. The quantitative estimate of drug-likeness (QED) is 0.429. The molecule has 0 bridgehead atoms. The Hall–Kier alpha value is -4.18. The Bertz CT molecular complexity index is 1460. The molecule has 0 amide bonds. The van der Waals surface area contributed by atoms with Gasteiger partial charge in [0.2, 0.25) is 5.78 Å². The van der Waals surface area contributed by atoms with Crippen molar-refractivity contribution < 1.29 is 13.2 Å². The molecule has 0 unspecified atom stereocenters. The van der Waals surface area contributed by atoms with E-state index < -0.39 is 10.0 Å². The highest BCUT2D eigenvalue weighted by Gasteiger charge is 2.18. The lowest BCUT2D eigenvalue weighted by molar-refractivity contribution is 0.417. The van der Waals surface area contributed by atoms with Gasteiger partial charge in [-0.1, -0.05) is 0 Å². The number of imidazole rings is 1. The summed E-state index contributed by atoms with van der Waals surface area (Å²) in [6.07, 6.45) is 8.78. The molecule has 0 atom stereocenters. The number of sulfonamides is 1. The van der Waals surface area contributed by atoms with Crippen molar-refractivity contribution in [1.29, 1.82) is 0 Å². The minimum atomic E-state index is -3.85. The summed E-state index contributed by atoms with van der Waals surface area (Å²) in [6.45, 7) is 0. The Morgan fingerprint density at radius 1 is 1.00 bits per heavy atom. The van der Waals surface area contributed by atoms with Gasteiger partial charge in [0.15, 0.2) is 0 Å². The van der Waals surface area contributed by atoms with Crippen LogP contribution in [0.4, 0.5) is 5.69 Å². The van der Waals surface area contributed by atoms with Gasteiger partial charge in [0.1, 0.15) is 5.75 Å². The first kappa shape index (κ1) is 19.8. The largest absolute Gasteiger partial charge is 0.495 e. The van der Waals surface area contributed by atoms with E-state index in [2.05, 4.69) is 19.8 Å². The van der Waals surface area contributed by atoms with Crippen LogP contribution in [0.3, 0.4) is 0 Å². The summed E-state index contributed by atoms with van der Waals surface area (Å²) in [5.41, 5.74) is 2.46. The maximum Gasteiger partial charge on any atom is 0.262 e. The second kappa shape index (κ2) is 7.82. The number of fused-ring (bicyclic) bond motifs is 1. The Morgan fingerprint density at radius 3 is 2.53 bits per heavy atom. The number of aromatic nitrogens is 5. The van der Waals surface area contributed by atoms with Gasteiger partial charge in [0, 0.05) is 36.5 Å². The van der Waals surface area contributed by atoms with Crippen molar-refractivity contribution in [3.63, 3.8) is 0 Å². The lowest BCUT2D eigenvalue weighted by Crippen LogP contribution is -2.14. The minimum Gasteiger partial charge on any atom is -0.495 e. The summed E-state index contributed by atoms with van der Waals surface area (Å²) in [7, 11) is -2.37. The van der Waals surface area contributed by atoms with Crippen molar-refractivity contribution in [1.82, 2.24) is 24.1 Å². The summed E-state index contributed by atoms with van der Waals surface area (Å²) >= 11 is 0. The molecule has 3 heterocycles. The average molecular weight is 446 g/mol. The van der Waals surface area contributed by atoms with E-state index in [1.807, 2.05) is 24.5 Å². The molecule has 10 heteroatoms. The number of benzene rings is 2. The maximum absolute atomic E-state index is 13.0. The van der Waals surface area contributed by atoms with Crippen LogP contribution in [0.25, 0.3) is 22.7 Å². The molecule has 1 N–H and O–H groups in total. The lowest BCUT2D eigenvalue weighted by atomic mass is 10.1. The van der Waals surface area contributed by atoms with E-state index in [1.165, 1.54) is 19.2 Å². The van der Waals surface area contributed by atoms with Gasteiger partial charge in [-0.05, 0) is 54.6 Å². The van der Waals surface area contributed by atoms with Crippen LogP contribution in [-0.2, 0) is 10.0 Å². The molecular formula is C22H18N6O3S. The molecule has 5 rings (SSSR count). The number of methoxy groups -OCH3 is 1. The first-order valence-electron chi connectivity index (χ1n) is 9.64. The highest BCUT2D eigenvalue weighted by molar-refractivity contribution is 7.92. The predicted octanol–water partition coefficient (Wildman–Crippen LogP) is 3.39. The van der Waals surface area contributed by atoms with Crippen molar-refractivity contribution in [2.75, 3.05) is 11.8 Å². The van der Waals surface area contributed by atoms with Crippen LogP contribution in [0, 0.1) is 0 Å². The van der Waals surface area contributed by atoms with Crippen LogP contribution < -0.4 is 9.46 Å². The topological polar surface area (TPSA) is 103 Å². The zero-order valence-corrected chi connectivity index (χ0v) is 17.8. The molecule has 0 aliphatic heterocycles. The molecule has 0 spiro atoms. The van der Waals surface area contributed by atoms with Gasteiger partial charge in [0.05, 0.1) is 29.1 Å². The molecule has 9 nitrogen and oxygen atoms in total. The fourth-order valence-electron chi connectivity index (χ4n) is 3.32. The monoisotopic (exact) mass is 446 g/mol. The normalized spacial score (nSPS) is 11.5. The number of hydrogen-bond donors (Lipinski definition) is 1. The van der Waals surface area contributed by atoms with Crippen LogP contribution >= 0.6 is 0 Å². The molecule has 0 aliphatic carbocycles. The molecular weight excluding hydrogens is 428 g/mol. The van der Waals surface area contributed by atoms with Crippen molar-refractivity contribution in [3.05, 3.63) is 85.6 Å². The molecule has 32 heavy (non-hydrogen) atoms. The molecule has 0 radical (unpaired) electrons. The smallest absolute Gasteiger partial charge is 0.262 e. The van der Waals surface area contributed by atoms with Gasteiger partial charge in [-0.15, -0.1) is 0 Å². The SMILES string of the molecule is COc1ccc(-c2cn3cccnc3n2)cc1NS(=O)(=O)c1ccc(-n2cccn2)cc1.